The van der Waals surface area contributed by atoms with E-state index >= 15 is 0 Å². The zero-order valence-corrected chi connectivity index (χ0v) is 19.5. The number of benzene rings is 3. The average Bonchev–Trinajstić information content (AvgIpc) is 3.56. The molecule has 0 atom stereocenters. The van der Waals surface area contributed by atoms with Crippen LogP contribution in [0.1, 0.15) is 5.56 Å². The molecule has 0 saturated carbocycles. The second kappa shape index (κ2) is 8.57. The lowest BCUT2D eigenvalue weighted by molar-refractivity contribution is 0.628. The summed E-state index contributed by atoms with van der Waals surface area (Å²) >= 11 is 7.21. The lowest BCUT2D eigenvalue weighted by atomic mass is 10.1. The minimum absolute atomic E-state index is 0.268. The van der Waals surface area contributed by atoms with E-state index in [-0.39, 0.29) is 11.4 Å². The quantitative estimate of drug-likeness (QED) is 0.342. The molecule has 6 nitrogen and oxygen atoms in total. The van der Waals surface area contributed by atoms with Gasteiger partial charge in [-0.1, -0.05) is 41.1 Å². The topological polar surface area (TPSA) is 65.1 Å². The molecule has 3 heterocycles. The van der Waals surface area contributed by atoms with Crippen LogP contribution in [0.5, 0.6) is 0 Å². The summed E-state index contributed by atoms with van der Waals surface area (Å²) in [7, 11) is 0. The maximum absolute atomic E-state index is 13.5. The Morgan fingerprint density at radius 2 is 1.60 bits per heavy atom. The van der Waals surface area contributed by atoms with Crippen molar-refractivity contribution in [2.45, 2.75) is 0 Å². The molecule has 170 valence electrons. The smallest absolute Gasteiger partial charge is 0.266 e. The van der Waals surface area contributed by atoms with E-state index < -0.39 is 0 Å². The van der Waals surface area contributed by atoms with E-state index in [1.807, 2.05) is 48.7 Å². The maximum atomic E-state index is 13.5. The highest BCUT2D eigenvalue weighted by atomic mass is 35.5. The fourth-order valence-electron chi connectivity index (χ4n) is 3.73. The van der Waals surface area contributed by atoms with E-state index in [9.17, 15) is 9.18 Å². The lowest BCUT2D eigenvalue weighted by Gasteiger charge is -2.00. The number of fused-ring (bicyclic) bond motifs is 1. The van der Waals surface area contributed by atoms with Gasteiger partial charge < -0.3 is 0 Å². The third kappa shape index (κ3) is 4.03. The Kier molecular flexibility index (Phi) is 5.24. The van der Waals surface area contributed by atoms with Gasteiger partial charge in [0, 0.05) is 27.9 Å². The molecule has 0 saturated heterocycles. The molecule has 0 unspecified atom stereocenters. The molecule has 6 aromatic rings. The van der Waals surface area contributed by atoms with Crippen LogP contribution in [-0.2, 0) is 0 Å². The molecule has 0 aliphatic heterocycles. The fourth-order valence-corrected chi connectivity index (χ4v) is 4.76. The van der Waals surface area contributed by atoms with Gasteiger partial charge in [-0.15, -0.1) is 5.10 Å². The van der Waals surface area contributed by atoms with Gasteiger partial charge in [0.1, 0.15) is 11.5 Å². The van der Waals surface area contributed by atoms with Crippen molar-refractivity contribution in [2.24, 2.45) is 0 Å². The normalized spacial score (nSPS) is 12.0. The fraction of sp³-hybridized carbons (Fsp3) is 0. The second-order valence-corrected chi connectivity index (χ2v) is 9.22. The minimum Gasteiger partial charge on any atom is -0.266 e. The summed E-state index contributed by atoms with van der Waals surface area (Å²) in [4.78, 5) is 18.2. The van der Waals surface area contributed by atoms with Crippen molar-refractivity contribution in [3.8, 4) is 28.3 Å². The molecular weight excluding hydrogens is 485 g/mol. The van der Waals surface area contributed by atoms with Gasteiger partial charge in [0.2, 0.25) is 4.96 Å². The maximum Gasteiger partial charge on any atom is 0.291 e. The van der Waals surface area contributed by atoms with E-state index in [1.165, 1.54) is 28.0 Å². The molecule has 6 rings (SSSR count). The summed E-state index contributed by atoms with van der Waals surface area (Å²) in [6, 6.07) is 22.9. The van der Waals surface area contributed by atoms with E-state index in [1.54, 1.807) is 35.0 Å². The first-order valence-corrected chi connectivity index (χ1v) is 11.8. The predicted octanol–water partition coefficient (Wildman–Crippen LogP) is 5.01. The van der Waals surface area contributed by atoms with Crippen molar-refractivity contribution in [2.75, 3.05) is 0 Å². The van der Waals surface area contributed by atoms with E-state index in [2.05, 4.69) is 10.1 Å². The lowest BCUT2D eigenvalue weighted by Crippen LogP contribution is -2.23. The van der Waals surface area contributed by atoms with Crippen LogP contribution in [-0.4, -0.2) is 24.4 Å². The number of hydrogen-bond acceptors (Lipinski definition) is 5. The second-order valence-electron chi connectivity index (χ2n) is 7.77. The number of para-hydroxylation sites is 1. The summed E-state index contributed by atoms with van der Waals surface area (Å²) in [5, 5.41) is 9.74. The van der Waals surface area contributed by atoms with Crippen LogP contribution >= 0.6 is 22.9 Å². The highest BCUT2D eigenvalue weighted by Crippen LogP contribution is 2.25. The van der Waals surface area contributed by atoms with E-state index in [0.717, 1.165) is 22.4 Å². The molecule has 0 fully saturated rings. The first-order valence-electron chi connectivity index (χ1n) is 10.6. The standard InChI is InChI=1S/C26H15ClFN5OS/c27-19-10-6-17(7-11-19)24-29-26-33(31-24)25(34)22(35-26)14-18-15-32(21-4-2-1-3-5-21)30-23(18)16-8-12-20(28)13-9-16/h1-15H. The van der Waals surface area contributed by atoms with E-state index in [0.29, 0.717) is 26.0 Å². The first-order chi connectivity index (χ1) is 17.0. The molecule has 3 aromatic heterocycles. The predicted molar refractivity (Wildman–Crippen MR) is 135 cm³/mol. The SMILES string of the molecule is O=c1c(=Cc2cn(-c3ccccc3)nc2-c2ccc(F)cc2)sc2nc(-c3ccc(Cl)cc3)nn12. The Morgan fingerprint density at radius 3 is 2.31 bits per heavy atom. The number of thiazole rings is 1. The Bertz CT molecular complexity index is 1770. The van der Waals surface area contributed by atoms with Crippen molar-refractivity contribution in [1.29, 1.82) is 0 Å². The van der Waals surface area contributed by atoms with Gasteiger partial charge in [0.25, 0.3) is 5.56 Å². The van der Waals surface area contributed by atoms with Crippen LogP contribution in [0.3, 0.4) is 0 Å². The molecule has 0 aliphatic rings. The molecular formula is C26H15ClFN5OS. The Hall–Kier alpha value is -4.14. The summed E-state index contributed by atoms with van der Waals surface area (Å²) in [5.74, 6) is 0.131. The zero-order chi connectivity index (χ0) is 23.9. The summed E-state index contributed by atoms with van der Waals surface area (Å²) < 4.78 is 17.1. The molecule has 0 aliphatic carbocycles. The van der Waals surface area contributed by atoms with Crippen molar-refractivity contribution in [1.82, 2.24) is 24.4 Å². The van der Waals surface area contributed by atoms with Gasteiger partial charge in [-0.3, -0.25) is 4.79 Å². The molecule has 35 heavy (non-hydrogen) atoms. The van der Waals surface area contributed by atoms with Gasteiger partial charge in [0.05, 0.1) is 10.2 Å². The Labute approximate surface area is 207 Å². The highest BCUT2D eigenvalue weighted by Gasteiger charge is 2.15. The number of aromatic nitrogens is 5. The van der Waals surface area contributed by atoms with Crippen molar-refractivity contribution >= 4 is 34.0 Å². The number of rotatable bonds is 4. The van der Waals surface area contributed by atoms with Crippen molar-refractivity contribution < 1.29 is 4.39 Å². The first kappa shape index (κ1) is 21.4. The van der Waals surface area contributed by atoms with Gasteiger partial charge in [-0.2, -0.15) is 14.6 Å². The molecule has 0 N–H and O–H groups in total. The summed E-state index contributed by atoms with van der Waals surface area (Å²) in [5.41, 5.74) is 3.47. The van der Waals surface area contributed by atoms with Crippen LogP contribution in [0.25, 0.3) is 39.4 Å². The van der Waals surface area contributed by atoms with Gasteiger partial charge >= 0.3 is 0 Å². The molecule has 3 aromatic carbocycles. The van der Waals surface area contributed by atoms with Crippen LogP contribution in [0, 0.1) is 5.82 Å². The van der Waals surface area contributed by atoms with Gasteiger partial charge in [-0.25, -0.2) is 9.07 Å². The van der Waals surface area contributed by atoms with Crippen molar-refractivity contribution in [3.63, 3.8) is 0 Å². The molecule has 0 spiro atoms. The van der Waals surface area contributed by atoms with Crippen LogP contribution in [0.4, 0.5) is 4.39 Å². The van der Waals surface area contributed by atoms with E-state index in [4.69, 9.17) is 16.7 Å². The molecule has 0 bridgehead atoms. The van der Waals surface area contributed by atoms with Crippen LogP contribution in [0.2, 0.25) is 5.02 Å². The van der Waals surface area contributed by atoms with Crippen LogP contribution in [0.15, 0.2) is 89.9 Å². The van der Waals surface area contributed by atoms with Crippen molar-refractivity contribution in [3.05, 3.63) is 116 Å². The van der Waals surface area contributed by atoms with Gasteiger partial charge in [0.15, 0.2) is 5.82 Å². The largest absolute Gasteiger partial charge is 0.291 e. The number of hydrogen-bond donors (Lipinski definition) is 0. The van der Waals surface area contributed by atoms with Crippen LogP contribution < -0.4 is 10.1 Å². The summed E-state index contributed by atoms with van der Waals surface area (Å²) in [6.45, 7) is 0. The molecule has 9 heteroatoms. The Morgan fingerprint density at radius 1 is 0.886 bits per heavy atom. The zero-order valence-electron chi connectivity index (χ0n) is 18.0. The number of nitrogens with zero attached hydrogens (tertiary/aromatic N) is 5. The summed E-state index contributed by atoms with van der Waals surface area (Å²) in [6.07, 6.45) is 3.62. The third-order valence-corrected chi connectivity index (χ3v) is 6.66. The molecule has 0 amide bonds. The minimum atomic E-state index is -0.328. The van der Waals surface area contributed by atoms with Gasteiger partial charge in [-0.05, 0) is 66.7 Å². The number of halogens is 2. The molecule has 0 radical (unpaired) electrons. The Balaban J connectivity index is 1.48. The highest BCUT2D eigenvalue weighted by molar-refractivity contribution is 7.15. The average molecular weight is 500 g/mol. The third-order valence-electron chi connectivity index (χ3n) is 5.45. The monoisotopic (exact) mass is 499 g/mol.